The smallest absolute Gasteiger partial charge is 0.407 e. The molecule has 2 N–H and O–H groups in total. The molecule has 4 heteroatoms. The van der Waals surface area contributed by atoms with Crippen LogP contribution in [0, 0.1) is 5.41 Å². The van der Waals surface area contributed by atoms with Crippen molar-refractivity contribution in [3.05, 3.63) is 0 Å². The van der Waals surface area contributed by atoms with Crippen molar-refractivity contribution in [2.24, 2.45) is 5.41 Å². The second-order valence-electron chi connectivity index (χ2n) is 6.91. The zero-order chi connectivity index (χ0) is 13.3. The molecule has 17 heavy (non-hydrogen) atoms. The van der Waals surface area contributed by atoms with Crippen molar-refractivity contribution < 1.29 is 9.53 Å². The molecule has 1 rings (SSSR count). The van der Waals surface area contributed by atoms with E-state index < -0.39 is 5.60 Å². The van der Waals surface area contributed by atoms with Crippen LogP contribution in [-0.2, 0) is 4.74 Å². The number of rotatable bonds is 1. The lowest BCUT2D eigenvalue weighted by Gasteiger charge is -2.27. The summed E-state index contributed by atoms with van der Waals surface area (Å²) >= 11 is 0. The summed E-state index contributed by atoms with van der Waals surface area (Å²) in [5.41, 5.74) is -0.204. The average molecular weight is 242 g/mol. The van der Waals surface area contributed by atoms with Crippen LogP contribution in [0.2, 0.25) is 0 Å². The van der Waals surface area contributed by atoms with Crippen LogP contribution in [0.3, 0.4) is 0 Å². The lowest BCUT2D eigenvalue weighted by Crippen LogP contribution is -2.40. The normalized spacial score (nSPS) is 25.8. The highest BCUT2D eigenvalue weighted by Gasteiger charge is 2.33. The molecular weight excluding hydrogens is 216 g/mol. The third-order valence-corrected chi connectivity index (χ3v) is 2.90. The van der Waals surface area contributed by atoms with Gasteiger partial charge >= 0.3 is 6.09 Å². The fraction of sp³-hybridized carbons (Fsp3) is 0.923. The molecule has 1 fully saturated rings. The van der Waals surface area contributed by atoms with Gasteiger partial charge in [-0.25, -0.2) is 4.79 Å². The van der Waals surface area contributed by atoms with Gasteiger partial charge in [-0.05, 0) is 32.6 Å². The Balaban J connectivity index is 2.38. The molecular formula is C13H26N2O2. The Morgan fingerprint density at radius 1 is 1.24 bits per heavy atom. The third-order valence-electron chi connectivity index (χ3n) is 2.90. The van der Waals surface area contributed by atoms with Crippen molar-refractivity contribution in [2.45, 2.75) is 65.6 Å². The number of amides is 1. The maximum absolute atomic E-state index is 11.6. The first-order chi connectivity index (χ1) is 7.58. The maximum Gasteiger partial charge on any atom is 0.407 e. The molecule has 4 nitrogen and oxygen atoms in total. The molecule has 0 saturated carbocycles. The average Bonchev–Trinajstić information content (AvgIpc) is 2.47. The first-order valence-electron chi connectivity index (χ1n) is 6.31. The summed E-state index contributed by atoms with van der Waals surface area (Å²) in [6, 6.07) is 0.622. The Hall–Kier alpha value is -0.770. The highest BCUT2D eigenvalue weighted by molar-refractivity contribution is 5.68. The van der Waals surface area contributed by atoms with E-state index in [1.807, 2.05) is 20.8 Å². The van der Waals surface area contributed by atoms with Crippen molar-refractivity contribution >= 4 is 6.09 Å². The molecule has 1 saturated heterocycles. The molecule has 0 aliphatic carbocycles. The molecule has 0 spiro atoms. The highest BCUT2D eigenvalue weighted by atomic mass is 16.6. The fourth-order valence-electron chi connectivity index (χ4n) is 1.98. The van der Waals surface area contributed by atoms with Crippen molar-refractivity contribution in [3.63, 3.8) is 0 Å². The minimum Gasteiger partial charge on any atom is -0.444 e. The van der Waals surface area contributed by atoms with Crippen molar-refractivity contribution in [1.82, 2.24) is 10.6 Å². The van der Waals surface area contributed by atoms with Crippen LogP contribution < -0.4 is 10.6 Å². The summed E-state index contributed by atoms with van der Waals surface area (Å²) in [5.74, 6) is 0. The van der Waals surface area contributed by atoms with E-state index in [0.29, 0.717) is 6.04 Å². The van der Waals surface area contributed by atoms with Gasteiger partial charge in [0.15, 0.2) is 0 Å². The summed E-state index contributed by atoms with van der Waals surface area (Å²) in [6.07, 6.45) is 0.641. The summed E-state index contributed by atoms with van der Waals surface area (Å²) in [5, 5.41) is 6.36. The van der Waals surface area contributed by atoms with Crippen LogP contribution >= 0.6 is 0 Å². The van der Waals surface area contributed by atoms with Gasteiger partial charge in [-0.1, -0.05) is 20.8 Å². The van der Waals surface area contributed by atoms with E-state index in [2.05, 4.69) is 31.4 Å². The number of ether oxygens (including phenoxy) is 1. The van der Waals surface area contributed by atoms with Crippen LogP contribution in [0.1, 0.15) is 48.0 Å². The van der Waals surface area contributed by atoms with Gasteiger partial charge in [-0.2, -0.15) is 0 Å². The van der Waals surface area contributed by atoms with Crippen molar-refractivity contribution in [3.8, 4) is 0 Å². The Morgan fingerprint density at radius 2 is 1.82 bits per heavy atom. The number of carbonyl (C=O) groups excluding carboxylic acids is 1. The van der Waals surface area contributed by atoms with Gasteiger partial charge in [0.1, 0.15) is 5.60 Å². The molecule has 1 amide bonds. The first-order valence-corrected chi connectivity index (χ1v) is 6.31. The zero-order valence-corrected chi connectivity index (χ0v) is 11.9. The van der Waals surface area contributed by atoms with Crippen LogP contribution in [0.25, 0.3) is 0 Å². The molecule has 1 heterocycles. The second-order valence-corrected chi connectivity index (χ2v) is 6.91. The Morgan fingerprint density at radius 3 is 2.24 bits per heavy atom. The van der Waals surface area contributed by atoms with Gasteiger partial charge in [0.05, 0.1) is 0 Å². The van der Waals surface area contributed by atoms with Crippen LogP contribution in [-0.4, -0.2) is 30.3 Å². The quantitative estimate of drug-likeness (QED) is 0.741. The molecule has 100 valence electrons. The second kappa shape index (κ2) is 4.84. The van der Waals surface area contributed by atoms with Crippen LogP contribution in [0.4, 0.5) is 4.79 Å². The third kappa shape index (κ3) is 4.94. The van der Waals surface area contributed by atoms with E-state index in [1.54, 1.807) is 0 Å². The minimum absolute atomic E-state index is 0.175. The number of hydrogen-bond acceptors (Lipinski definition) is 3. The summed E-state index contributed by atoms with van der Waals surface area (Å²) < 4.78 is 5.24. The number of alkyl carbamates (subject to hydrolysis) is 1. The minimum atomic E-state index is -0.431. The topological polar surface area (TPSA) is 50.4 Å². The molecule has 0 aromatic rings. The van der Waals surface area contributed by atoms with E-state index in [4.69, 9.17) is 4.74 Å². The van der Waals surface area contributed by atoms with E-state index in [1.165, 1.54) is 0 Å². The van der Waals surface area contributed by atoms with Gasteiger partial charge in [0.2, 0.25) is 0 Å². The van der Waals surface area contributed by atoms with E-state index in [0.717, 1.165) is 13.0 Å². The Bertz CT molecular complexity index is 276. The van der Waals surface area contributed by atoms with Gasteiger partial charge < -0.3 is 15.4 Å². The summed E-state index contributed by atoms with van der Waals surface area (Å²) in [6.45, 7) is 13.1. The standard InChI is InChI=1S/C13H26N2O2/c1-12(2,3)10-7-9(8-14-10)15-11(16)17-13(4,5)6/h9-10,14H,7-8H2,1-6H3,(H,15,16)/t9-,10-/m1/s1. The summed E-state index contributed by atoms with van der Waals surface area (Å²) in [4.78, 5) is 11.6. The zero-order valence-electron chi connectivity index (χ0n) is 11.9. The van der Waals surface area contributed by atoms with Gasteiger partial charge in [-0.15, -0.1) is 0 Å². The molecule has 0 bridgehead atoms. The van der Waals surface area contributed by atoms with Gasteiger partial charge in [-0.3, -0.25) is 0 Å². The van der Waals surface area contributed by atoms with Crippen LogP contribution in [0.5, 0.6) is 0 Å². The van der Waals surface area contributed by atoms with E-state index >= 15 is 0 Å². The predicted octanol–water partition coefficient (Wildman–Crippen LogP) is 2.29. The first kappa shape index (κ1) is 14.3. The van der Waals surface area contributed by atoms with Crippen molar-refractivity contribution in [1.29, 1.82) is 0 Å². The highest BCUT2D eigenvalue weighted by Crippen LogP contribution is 2.26. The molecule has 0 radical (unpaired) electrons. The molecule has 0 aromatic heterocycles. The molecule has 1 aliphatic rings. The van der Waals surface area contributed by atoms with Crippen molar-refractivity contribution in [2.75, 3.05) is 6.54 Å². The molecule has 2 atom stereocenters. The monoisotopic (exact) mass is 242 g/mol. The maximum atomic E-state index is 11.6. The van der Waals surface area contributed by atoms with Gasteiger partial charge in [0.25, 0.3) is 0 Å². The molecule has 1 aliphatic heterocycles. The molecule has 0 aromatic carbocycles. The van der Waals surface area contributed by atoms with Gasteiger partial charge in [0, 0.05) is 18.6 Å². The number of carbonyl (C=O) groups is 1. The van der Waals surface area contributed by atoms with E-state index in [-0.39, 0.29) is 17.6 Å². The Labute approximate surface area is 104 Å². The lowest BCUT2D eigenvalue weighted by molar-refractivity contribution is 0.0507. The lowest BCUT2D eigenvalue weighted by atomic mass is 9.85. The Kier molecular flexibility index (Phi) is 4.07. The van der Waals surface area contributed by atoms with E-state index in [9.17, 15) is 4.79 Å². The number of nitrogens with one attached hydrogen (secondary N) is 2. The van der Waals surface area contributed by atoms with Crippen LogP contribution in [0.15, 0.2) is 0 Å². The summed E-state index contributed by atoms with van der Waals surface area (Å²) in [7, 11) is 0. The molecule has 0 unspecified atom stereocenters. The largest absolute Gasteiger partial charge is 0.444 e. The predicted molar refractivity (Wildman–Crippen MR) is 69.0 cm³/mol. The fourth-order valence-corrected chi connectivity index (χ4v) is 1.98. The number of hydrogen-bond donors (Lipinski definition) is 2. The SMILES string of the molecule is CC(C)(C)OC(=O)N[C@H]1CN[C@@H](C(C)(C)C)C1.